The molecule has 1 N–H and O–H groups in total. The summed E-state index contributed by atoms with van der Waals surface area (Å²) in [4.78, 5) is 12.5. The van der Waals surface area contributed by atoms with Gasteiger partial charge >= 0.3 is 0 Å². The molecule has 0 aliphatic carbocycles. The minimum atomic E-state index is -0.313. The van der Waals surface area contributed by atoms with Gasteiger partial charge in [-0.25, -0.2) is 4.68 Å². The Hall–Kier alpha value is -1.06. The average molecular weight is 436 g/mol. The number of carbonyl (C=O) groups excluding carboxylic acids is 1. The summed E-state index contributed by atoms with van der Waals surface area (Å²) in [6, 6.07) is 3.50. The first-order chi connectivity index (χ1) is 9.97. The first-order valence-corrected chi connectivity index (χ1v) is 8.59. The molecule has 112 valence electrons. The van der Waals surface area contributed by atoms with Crippen LogP contribution < -0.4 is 10.2 Å². The topological polar surface area (TPSA) is 69.0 Å². The lowest BCUT2D eigenvalue weighted by molar-refractivity contribution is 0.100. The van der Waals surface area contributed by atoms with Crippen molar-refractivity contribution >= 4 is 49.5 Å². The number of halogens is 2. The predicted molar refractivity (Wildman–Crippen MR) is 88.6 cm³/mol. The van der Waals surface area contributed by atoms with Crippen LogP contribution in [-0.2, 0) is 0 Å². The highest BCUT2D eigenvalue weighted by molar-refractivity contribution is 9.11. The van der Waals surface area contributed by atoms with Gasteiger partial charge in [0.25, 0.3) is 5.91 Å². The van der Waals surface area contributed by atoms with Crippen molar-refractivity contribution in [3.8, 4) is 5.75 Å². The van der Waals surface area contributed by atoms with Gasteiger partial charge in [0.2, 0.25) is 5.16 Å². The van der Waals surface area contributed by atoms with Crippen LogP contribution >= 0.6 is 43.6 Å². The van der Waals surface area contributed by atoms with E-state index in [2.05, 4.69) is 47.5 Å². The van der Waals surface area contributed by atoms with E-state index in [1.54, 1.807) is 17.7 Å². The summed E-state index contributed by atoms with van der Waals surface area (Å²) in [6.45, 7) is 1.76. The van der Waals surface area contributed by atoms with E-state index in [1.807, 2.05) is 12.3 Å². The minimum Gasteiger partial charge on any atom is -0.495 e. The zero-order valence-electron chi connectivity index (χ0n) is 11.5. The van der Waals surface area contributed by atoms with Crippen LogP contribution in [0.3, 0.4) is 0 Å². The van der Waals surface area contributed by atoms with Crippen molar-refractivity contribution in [3.63, 3.8) is 0 Å². The van der Waals surface area contributed by atoms with Gasteiger partial charge in [0, 0.05) is 4.47 Å². The van der Waals surface area contributed by atoms with Crippen molar-refractivity contribution in [2.75, 3.05) is 18.8 Å². The number of thioether (sulfide) groups is 1. The van der Waals surface area contributed by atoms with E-state index in [0.717, 1.165) is 4.47 Å². The molecular weight excluding hydrogens is 424 g/mol. The van der Waals surface area contributed by atoms with Crippen LogP contribution in [0.4, 0.5) is 0 Å². The van der Waals surface area contributed by atoms with Crippen LogP contribution in [0.2, 0.25) is 0 Å². The van der Waals surface area contributed by atoms with Crippen LogP contribution in [0.1, 0.15) is 16.2 Å². The summed E-state index contributed by atoms with van der Waals surface area (Å²) < 4.78 is 8.29. The third-order valence-electron chi connectivity index (χ3n) is 2.65. The summed E-state index contributed by atoms with van der Waals surface area (Å²) in [5, 5.41) is 8.51. The summed E-state index contributed by atoms with van der Waals surface area (Å²) in [5.41, 5.74) is 3.17. The highest BCUT2D eigenvalue weighted by atomic mass is 79.9. The molecule has 1 aromatic heterocycles. The van der Waals surface area contributed by atoms with Gasteiger partial charge in [-0.3, -0.25) is 10.2 Å². The molecule has 0 atom stereocenters. The zero-order valence-corrected chi connectivity index (χ0v) is 15.5. The molecule has 9 heteroatoms. The van der Waals surface area contributed by atoms with E-state index in [-0.39, 0.29) is 5.91 Å². The number of nitrogens with zero attached hydrogens (tertiary/aromatic N) is 3. The second-order valence-corrected chi connectivity index (χ2v) is 6.52. The van der Waals surface area contributed by atoms with Crippen molar-refractivity contribution in [2.45, 2.75) is 12.1 Å². The predicted octanol–water partition coefficient (Wildman–Crippen LogP) is 3.23. The number of rotatable bonds is 4. The molecule has 21 heavy (non-hydrogen) atoms. The van der Waals surface area contributed by atoms with Crippen molar-refractivity contribution in [1.29, 1.82) is 0 Å². The van der Waals surface area contributed by atoms with Gasteiger partial charge in [0.1, 0.15) is 11.6 Å². The molecule has 2 rings (SSSR count). The van der Waals surface area contributed by atoms with E-state index in [0.29, 0.717) is 26.8 Å². The van der Waals surface area contributed by atoms with Crippen LogP contribution in [0.15, 0.2) is 26.2 Å². The molecule has 2 aromatic rings. The Kier molecular flexibility index (Phi) is 5.28. The Morgan fingerprint density at radius 3 is 2.71 bits per heavy atom. The molecule has 0 radical (unpaired) electrons. The SMILES string of the molecule is COc1c(Br)cc(Br)cc1C(=O)Nn1c(C)nnc1SC. The van der Waals surface area contributed by atoms with E-state index in [1.165, 1.54) is 18.9 Å². The number of aryl methyl sites for hydroxylation is 1. The Bertz CT molecular complexity index is 690. The highest BCUT2D eigenvalue weighted by Gasteiger charge is 2.18. The molecule has 6 nitrogen and oxygen atoms in total. The van der Waals surface area contributed by atoms with Gasteiger partial charge in [-0.2, -0.15) is 0 Å². The number of hydrogen-bond acceptors (Lipinski definition) is 5. The van der Waals surface area contributed by atoms with Gasteiger partial charge in [-0.05, 0) is 41.2 Å². The number of nitrogens with one attached hydrogen (secondary N) is 1. The Morgan fingerprint density at radius 1 is 1.38 bits per heavy atom. The number of benzene rings is 1. The van der Waals surface area contributed by atoms with E-state index in [4.69, 9.17) is 4.74 Å². The van der Waals surface area contributed by atoms with Crippen LogP contribution in [-0.4, -0.2) is 34.1 Å². The smallest absolute Gasteiger partial charge is 0.274 e. The van der Waals surface area contributed by atoms with Gasteiger partial charge in [0.05, 0.1) is 17.1 Å². The third kappa shape index (κ3) is 3.41. The molecule has 0 aliphatic heterocycles. The van der Waals surface area contributed by atoms with E-state index in [9.17, 15) is 4.79 Å². The fraction of sp³-hybridized carbons (Fsp3) is 0.250. The molecule has 0 bridgehead atoms. The van der Waals surface area contributed by atoms with Crippen molar-refractivity contribution in [1.82, 2.24) is 14.9 Å². The molecular formula is C12H12Br2N4O2S. The maximum Gasteiger partial charge on any atom is 0.274 e. The van der Waals surface area contributed by atoms with E-state index < -0.39 is 0 Å². The summed E-state index contributed by atoms with van der Waals surface area (Å²) >= 11 is 8.13. The molecule has 1 heterocycles. The molecule has 1 amide bonds. The number of ether oxygens (including phenoxy) is 1. The minimum absolute atomic E-state index is 0.313. The number of amides is 1. The lowest BCUT2D eigenvalue weighted by atomic mass is 10.2. The monoisotopic (exact) mass is 434 g/mol. The Balaban J connectivity index is 2.39. The fourth-order valence-corrected chi connectivity index (χ4v) is 3.57. The zero-order chi connectivity index (χ0) is 15.6. The van der Waals surface area contributed by atoms with Crippen molar-refractivity contribution < 1.29 is 9.53 Å². The molecule has 0 saturated heterocycles. The molecule has 0 saturated carbocycles. The number of hydrogen-bond donors (Lipinski definition) is 1. The quantitative estimate of drug-likeness (QED) is 0.746. The van der Waals surface area contributed by atoms with Crippen molar-refractivity contribution in [3.05, 3.63) is 32.5 Å². The maximum atomic E-state index is 12.5. The molecule has 1 aromatic carbocycles. The Labute approximate surface area is 142 Å². The first-order valence-electron chi connectivity index (χ1n) is 5.78. The van der Waals surface area contributed by atoms with Gasteiger partial charge < -0.3 is 4.74 Å². The van der Waals surface area contributed by atoms with Gasteiger partial charge in [-0.15, -0.1) is 10.2 Å². The van der Waals surface area contributed by atoms with Crippen LogP contribution in [0.25, 0.3) is 0 Å². The number of methoxy groups -OCH3 is 1. The summed E-state index contributed by atoms with van der Waals surface area (Å²) in [6.07, 6.45) is 1.86. The standard InChI is InChI=1S/C12H12Br2N4O2S/c1-6-15-16-12(21-3)18(6)17-11(19)8-4-7(13)5-9(14)10(8)20-2/h4-5H,1-3H3,(H,17,19). The molecule has 0 spiro atoms. The summed E-state index contributed by atoms with van der Waals surface area (Å²) in [5.74, 6) is 0.750. The van der Waals surface area contributed by atoms with Gasteiger partial charge in [0.15, 0.2) is 0 Å². The second kappa shape index (κ2) is 6.80. The van der Waals surface area contributed by atoms with Crippen molar-refractivity contribution in [2.24, 2.45) is 0 Å². The second-order valence-electron chi connectivity index (χ2n) is 3.98. The Morgan fingerprint density at radius 2 is 2.10 bits per heavy atom. The molecule has 0 aliphatic rings. The lowest BCUT2D eigenvalue weighted by Gasteiger charge is -2.13. The lowest BCUT2D eigenvalue weighted by Crippen LogP contribution is -2.25. The van der Waals surface area contributed by atoms with Crippen LogP contribution in [0, 0.1) is 6.92 Å². The number of carbonyl (C=O) groups is 1. The molecule has 0 unspecified atom stereocenters. The molecule has 0 fully saturated rings. The first kappa shape index (κ1) is 16.3. The number of aromatic nitrogens is 3. The van der Waals surface area contributed by atoms with E-state index >= 15 is 0 Å². The summed E-state index contributed by atoms with van der Waals surface area (Å²) in [7, 11) is 1.52. The largest absolute Gasteiger partial charge is 0.495 e. The fourth-order valence-electron chi connectivity index (χ4n) is 1.70. The third-order valence-corrected chi connectivity index (χ3v) is 4.32. The normalized spacial score (nSPS) is 10.5. The van der Waals surface area contributed by atoms with Crippen LogP contribution in [0.5, 0.6) is 5.75 Å². The highest BCUT2D eigenvalue weighted by Crippen LogP contribution is 2.32. The maximum absolute atomic E-state index is 12.5. The average Bonchev–Trinajstić information content (AvgIpc) is 2.78. The van der Waals surface area contributed by atoms with Gasteiger partial charge in [-0.1, -0.05) is 27.7 Å².